The monoisotopic (exact) mass is 556 g/mol. The number of morpholine rings is 1. The molecule has 0 radical (unpaired) electrons. The minimum Gasteiger partial charge on any atom is -0.379 e. The van der Waals surface area contributed by atoms with E-state index in [1.165, 1.54) is 11.3 Å². The maximum absolute atomic E-state index is 13.8. The first-order valence-corrected chi connectivity index (χ1v) is 15.7. The number of benzene rings is 2. The third kappa shape index (κ3) is 5.79. The summed E-state index contributed by atoms with van der Waals surface area (Å²) >= 11 is 1.54. The number of rotatable bonds is 8. The molecule has 0 atom stereocenters. The number of hydrogen-bond acceptors (Lipinski definition) is 7. The van der Waals surface area contributed by atoms with E-state index in [4.69, 9.17) is 9.72 Å². The van der Waals surface area contributed by atoms with Gasteiger partial charge in [0.15, 0.2) is 5.13 Å². The molecule has 3 heterocycles. The second-order valence-electron chi connectivity index (χ2n) is 10.1. The smallest absolute Gasteiger partial charge is 0.260 e. The predicted octanol–water partition coefficient (Wildman–Crippen LogP) is 4.46. The van der Waals surface area contributed by atoms with Gasteiger partial charge in [-0.2, -0.15) is 4.31 Å². The number of carbonyl (C=O) groups is 1. The lowest BCUT2D eigenvalue weighted by Crippen LogP contribution is -2.39. The number of aromatic nitrogens is 1. The third-order valence-corrected chi connectivity index (χ3v) is 10.5. The Morgan fingerprint density at radius 2 is 1.66 bits per heavy atom. The maximum atomic E-state index is 13.8. The Morgan fingerprint density at radius 3 is 2.34 bits per heavy atom. The largest absolute Gasteiger partial charge is 0.379 e. The summed E-state index contributed by atoms with van der Waals surface area (Å²) in [4.78, 5) is 23.1. The van der Waals surface area contributed by atoms with Gasteiger partial charge in [-0.1, -0.05) is 29.9 Å². The summed E-state index contributed by atoms with van der Waals surface area (Å²) in [5.74, 6) is -0.164. The quantitative estimate of drug-likeness (QED) is 0.408. The number of carbonyl (C=O) groups excluding carboxylic acids is 1. The van der Waals surface area contributed by atoms with Gasteiger partial charge >= 0.3 is 0 Å². The van der Waals surface area contributed by atoms with E-state index < -0.39 is 10.0 Å². The average molecular weight is 557 g/mol. The zero-order valence-corrected chi connectivity index (χ0v) is 23.8. The average Bonchev–Trinajstić information content (AvgIpc) is 3.41. The fourth-order valence-electron chi connectivity index (χ4n) is 5.10. The van der Waals surface area contributed by atoms with E-state index in [9.17, 15) is 13.2 Å². The van der Waals surface area contributed by atoms with Crippen LogP contribution in [-0.2, 0) is 14.8 Å². The lowest BCUT2D eigenvalue weighted by molar-refractivity contribution is 0.0376. The molecule has 0 bridgehead atoms. The number of fused-ring (bicyclic) bond motifs is 1. The van der Waals surface area contributed by atoms with Gasteiger partial charge in [-0.05, 0) is 68.5 Å². The fraction of sp³-hybridized carbons (Fsp3) is 0.500. The number of thiazole rings is 1. The molecular formula is C28H36N4O4S2. The molecule has 10 heteroatoms. The van der Waals surface area contributed by atoms with E-state index in [1.54, 1.807) is 33.5 Å². The van der Waals surface area contributed by atoms with E-state index >= 15 is 0 Å². The van der Waals surface area contributed by atoms with E-state index in [1.807, 2.05) is 6.92 Å². The first-order valence-electron chi connectivity index (χ1n) is 13.4. The Kier molecular flexibility index (Phi) is 8.44. The van der Waals surface area contributed by atoms with E-state index in [0.29, 0.717) is 30.3 Å². The third-order valence-electron chi connectivity index (χ3n) is 7.42. The Morgan fingerprint density at radius 1 is 0.974 bits per heavy atom. The maximum Gasteiger partial charge on any atom is 0.260 e. The summed E-state index contributed by atoms with van der Waals surface area (Å²) in [7, 11) is -3.55. The molecule has 2 aromatic carbocycles. The highest BCUT2D eigenvalue weighted by Gasteiger charge is 2.27. The van der Waals surface area contributed by atoms with Crippen molar-refractivity contribution in [3.63, 3.8) is 0 Å². The highest BCUT2D eigenvalue weighted by atomic mass is 32.2. The van der Waals surface area contributed by atoms with Gasteiger partial charge in [0, 0.05) is 44.8 Å². The molecule has 0 aliphatic carbocycles. The van der Waals surface area contributed by atoms with Crippen molar-refractivity contribution in [3.8, 4) is 0 Å². The topological polar surface area (TPSA) is 83.0 Å². The van der Waals surface area contributed by atoms with Crippen LogP contribution in [0.25, 0.3) is 10.2 Å². The highest BCUT2D eigenvalue weighted by molar-refractivity contribution is 7.89. The van der Waals surface area contributed by atoms with Crippen LogP contribution in [-0.4, -0.2) is 81.0 Å². The van der Waals surface area contributed by atoms with Gasteiger partial charge < -0.3 is 4.74 Å². The summed E-state index contributed by atoms with van der Waals surface area (Å²) < 4.78 is 34.3. The summed E-state index contributed by atoms with van der Waals surface area (Å²) in [6.45, 7) is 9.91. The van der Waals surface area contributed by atoms with Crippen molar-refractivity contribution in [1.82, 2.24) is 14.2 Å². The van der Waals surface area contributed by atoms with Gasteiger partial charge in [-0.25, -0.2) is 13.4 Å². The second kappa shape index (κ2) is 11.8. The number of piperidine rings is 1. The predicted molar refractivity (Wildman–Crippen MR) is 152 cm³/mol. The summed E-state index contributed by atoms with van der Waals surface area (Å²) in [5, 5.41) is 0.675. The van der Waals surface area contributed by atoms with Crippen molar-refractivity contribution in [2.24, 2.45) is 0 Å². The Bertz CT molecular complexity index is 1340. The number of amides is 1. The highest BCUT2D eigenvalue weighted by Crippen LogP contribution is 2.34. The molecular weight excluding hydrogens is 520 g/mol. The van der Waals surface area contributed by atoms with Crippen LogP contribution in [0.2, 0.25) is 0 Å². The van der Waals surface area contributed by atoms with Crippen molar-refractivity contribution in [1.29, 1.82) is 0 Å². The number of hydrogen-bond donors (Lipinski definition) is 0. The fourth-order valence-corrected chi connectivity index (χ4v) is 7.76. The van der Waals surface area contributed by atoms with Crippen LogP contribution in [0.3, 0.4) is 0 Å². The molecule has 0 N–H and O–H groups in total. The molecule has 38 heavy (non-hydrogen) atoms. The van der Waals surface area contributed by atoms with Crippen molar-refractivity contribution in [2.75, 3.05) is 57.4 Å². The Labute approximate surface area is 229 Å². The Hall–Kier alpha value is -2.37. The lowest BCUT2D eigenvalue weighted by Gasteiger charge is -2.28. The lowest BCUT2D eigenvalue weighted by atomic mass is 10.1. The standard InChI is InChI=1S/C28H36N4O4S2/c1-21-7-8-22(2)26-25(21)29-28(37-26)32(16-6-13-30-17-19-36-20-18-30)27(33)23-9-11-24(12-10-23)38(34,35)31-14-4-3-5-15-31/h7-12H,3-6,13-20H2,1-2H3. The van der Waals surface area contributed by atoms with Crippen molar-refractivity contribution in [3.05, 3.63) is 53.1 Å². The second-order valence-corrected chi connectivity index (χ2v) is 13.0. The van der Waals surface area contributed by atoms with Gasteiger partial charge in [0.05, 0.1) is 28.3 Å². The van der Waals surface area contributed by atoms with Crippen LogP contribution in [0.4, 0.5) is 5.13 Å². The van der Waals surface area contributed by atoms with Crippen LogP contribution in [0.15, 0.2) is 41.3 Å². The number of anilines is 1. The van der Waals surface area contributed by atoms with Crippen molar-refractivity contribution >= 4 is 42.6 Å². The minimum absolute atomic E-state index is 0.164. The molecule has 204 valence electrons. The van der Waals surface area contributed by atoms with Crippen LogP contribution in [0.1, 0.15) is 47.2 Å². The molecule has 2 fully saturated rings. The first kappa shape index (κ1) is 27.2. The van der Waals surface area contributed by atoms with Crippen LogP contribution in [0.5, 0.6) is 0 Å². The van der Waals surface area contributed by atoms with Gasteiger partial charge in [0.2, 0.25) is 10.0 Å². The molecule has 3 aromatic rings. The zero-order valence-electron chi connectivity index (χ0n) is 22.2. The number of aryl methyl sites for hydroxylation is 2. The van der Waals surface area contributed by atoms with E-state index in [-0.39, 0.29) is 10.8 Å². The molecule has 2 aliphatic heterocycles. The SMILES string of the molecule is Cc1ccc(C)c2sc(N(CCCN3CCOCC3)C(=O)c3ccc(S(=O)(=O)N4CCCCC4)cc3)nc12. The zero-order chi connectivity index (χ0) is 26.7. The molecule has 5 rings (SSSR count). The van der Waals surface area contributed by atoms with Gasteiger partial charge in [-0.15, -0.1) is 0 Å². The molecule has 2 saturated heterocycles. The molecule has 8 nitrogen and oxygen atoms in total. The minimum atomic E-state index is -3.55. The number of sulfonamides is 1. The van der Waals surface area contributed by atoms with E-state index in [0.717, 1.165) is 79.9 Å². The van der Waals surface area contributed by atoms with Gasteiger partial charge in [0.1, 0.15) is 0 Å². The molecule has 1 amide bonds. The van der Waals surface area contributed by atoms with Crippen molar-refractivity contribution in [2.45, 2.75) is 44.4 Å². The Balaban J connectivity index is 1.39. The normalized spacial score (nSPS) is 17.6. The molecule has 0 unspecified atom stereocenters. The molecule has 2 aliphatic rings. The molecule has 0 saturated carbocycles. The summed E-state index contributed by atoms with van der Waals surface area (Å²) in [6, 6.07) is 10.6. The van der Waals surface area contributed by atoms with Crippen LogP contribution >= 0.6 is 11.3 Å². The first-order chi connectivity index (χ1) is 18.3. The number of ether oxygens (including phenoxy) is 1. The molecule has 1 aromatic heterocycles. The van der Waals surface area contributed by atoms with Crippen LogP contribution < -0.4 is 4.90 Å². The van der Waals surface area contributed by atoms with Crippen LogP contribution in [0, 0.1) is 13.8 Å². The summed E-state index contributed by atoms with van der Waals surface area (Å²) in [5.41, 5.74) is 3.61. The van der Waals surface area contributed by atoms with Gasteiger partial charge in [-0.3, -0.25) is 14.6 Å². The van der Waals surface area contributed by atoms with E-state index in [2.05, 4.69) is 24.0 Å². The number of nitrogens with zero attached hydrogens (tertiary/aromatic N) is 4. The molecule has 0 spiro atoms. The summed E-state index contributed by atoms with van der Waals surface area (Å²) in [6.07, 6.45) is 3.64. The van der Waals surface area contributed by atoms with Crippen molar-refractivity contribution < 1.29 is 17.9 Å². The van der Waals surface area contributed by atoms with Gasteiger partial charge in [0.25, 0.3) is 5.91 Å².